The van der Waals surface area contributed by atoms with Crippen molar-refractivity contribution in [1.29, 1.82) is 0 Å². The van der Waals surface area contributed by atoms with E-state index in [1.54, 1.807) is 6.08 Å². The minimum atomic E-state index is -4.30. The van der Waals surface area contributed by atoms with Crippen LogP contribution in [-0.4, -0.2) is 73.4 Å². The number of allylic oxidation sites excluding steroid dienone is 3. The van der Waals surface area contributed by atoms with Crippen molar-refractivity contribution >= 4 is 13.7 Å². The number of hydrogen-bond acceptors (Lipinski definition) is 5. The van der Waals surface area contributed by atoms with Gasteiger partial charge in [-0.3, -0.25) is 13.8 Å². The molecule has 0 bridgehead atoms. The van der Waals surface area contributed by atoms with Crippen molar-refractivity contribution in [1.82, 2.24) is 5.32 Å². The minimum absolute atomic E-state index is 0.0546. The summed E-state index contributed by atoms with van der Waals surface area (Å²) in [7, 11) is 1.54. The zero-order valence-corrected chi connectivity index (χ0v) is 24.4. The molecule has 9 heteroatoms. The average Bonchev–Trinajstić information content (AvgIpc) is 2.78. The summed E-state index contributed by atoms with van der Waals surface area (Å²) in [5.74, 6) is -0.245. The van der Waals surface area contributed by atoms with Crippen molar-refractivity contribution in [3.8, 4) is 0 Å². The number of quaternary nitrogens is 1. The Labute approximate surface area is 220 Å². The van der Waals surface area contributed by atoms with Crippen LogP contribution in [0.4, 0.5) is 0 Å². The molecule has 0 aromatic heterocycles. The van der Waals surface area contributed by atoms with E-state index in [0.29, 0.717) is 23.9 Å². The maximum atomic E-state index is 12.2. The summed E-state index contributed by atoms with van der Waals surface area (Å²) < 4.78 is 22.9. The number of rotatable bonds is 23. The second-order valence-electron chi connectivity index (χ2n) is 10.4. The molecule has 0 spiro atoms. The predicted molar refractivity (Wildman–Crippen MR) is 148 cm³/mol. The quantitative estimate of drug-likeness (QED) is 0.0693. The van der Waals surface area contributed by atoms with Crippen LogP contribution in [0.25, 0.3) is 0 Å². The monoisotopic (exact) mass is 533 g/mol. The Bertz CT molecular complexity index is 663. The smallest absolute Gasteiger partial charge is 0.387 e. The van der Waals surface area contributed by atoms with E-state index in [1.807, 2.05) is 34.1 Å². The molecule has 0 rings (SSSR count). The Kier molecular flexibility index (Phi) is 20.4. The molecule has 3 atom stereocenters. The highest BCUT2D eigenvalue weighted by molar-refractivity contribution is 7.47. The van der Waals surface area contributed by atoms with Crippen molar-refractivity contribution in [3.05, 3.63) is 24.3 Å². The van der Waals surface area contributed by atoms with Crippen LogP contribution in [0.1, 0.15) is 90.9 Å². The molecule has 0 aromatic carbocycles. The molecule has 0 saturated heterocycles. The van der Waals surface area contributed by atoms with Crippen LogP contribution < -0.4 is 5.32 Å². The van der Waals surface area contributed by atoms with E-state index >= 15 is 0 Å². The van der Waals surface area contributed by atoms with Crippen molar-refractivity contribution in [2.24, 2.45) is 0 Å². The molecule has 3 N–H and O–H groups in total. The summed E-state index contributed by atoms with van der Waals surface area (Å²) in [5, 5.41) is 13.3. The molecule has 0 saturated carbocycles. The van der Waals surface area contributed by atoms with Gasteiger partial charge in [-0.15, -0.1) is 0 Å². The summed E-state index contributed by atoms with van der Waals surface area (Å²) in [5.41, 5.74) is 0. The molecule has 212 valence electrons. The van der Waals surface area contributed by atoms with Crippen molar-refractivity contribution < 1.29 is 32.9 Å². The fourth-order valence-corrected chi connectivity index (χ4v) is 4.13. The van der Waals surface area contributed by atoms with Crippen LogP contribution in [-0.2, 0) is 18.4 Å². The summed E-state index contributed by atoms with van der Waals surface area (Å²) in [6.45, 7) is 4.37. The third-order valence-electron chi connectivity index (χ3n) is 5.64. The van der Waals surface area contributed by atoms with E-state index in [9.17, 15) is 19.4 Å². The largest absolute Gasteiger partial charge is 0.472 e. The number of aliphatic hydroxyl groups is 1. The Morgan fingerprint density at radius 3 is 2.17 bits per heavy atom. The van der Waals surface area contributed by atoms with Crippen LogP contribution in [0, 0.1) is 0 Å². The second-order valence-corrected chi connectivity index (χ2v) is 11.9. The van der Waals surface area contributed by atoms with Gasteiger partial charge in [0.15, 0.2) is 0 Å². The van der Waals surface area contributed by atoms with Gasteiger partial charge in [-0.1, -0.05) is 76.7 Å². The van der Waals surface area contributed by atoms with Crippen LogP contribution in [0.2, 0.25) is 0 Å². The number of carbonyl (C=O) groups is 1. The first kappa shape index (κ1) is 35.0. The molecule has 8 nitrogen and oxygen atoms in total. The van der Waals surface area contributed by atoms with E-state index in [1.165, 1.54) is 44.9 Å². The lowest BCUT2D eigenvalue weighted by atomic mass is 10.1. The van der Waals surface area contributed by atoms with Crippen LogP contribution in [0.3, 0.4) is 0 Å². The molecule has 0 fully saturated rings. The molecule has 0 aliphatic rings. The number of hydrogen-bond donors (Lipinski definition) is 3. The summed E-state index contributed by atoms with van der Waals surface area (Å²) in [6.07, 6.45) is 19.6. The molecular formula is C27H54N2O6P+. The molecule has 0 aliphatic carbocycles. The lowest BCUT2D eigenvalue weighted by Crippen LogP contribution is -2.45. The molecule has 1 amide bonds. The van der Waals surface area contributed by atoms with Gasteiger partial charge in [-0.05, 0) is 32.1 Å². The van der Waals surface area contributed by atoms with E-state index in [-0.39, 0.29) is 19.1 Å². The highest BCUT2D eigenvalue weighted by Crippen LogP contribution is 2.43. The van der Waals surface area contributed by atoms with Crippen molar-refractivity contribution in [3.63, 3.8) is 0 Å². The Morgan fingerprint density at radius 1 is 0.917 bits per heavy atom. The number of phosphoric acid groups is 1. The standard InChI is InChI=1S/C27H53N2O6P/c1-6-8-9-10-11-12-13-14-15-16-17-18-19-21-26(30)25(28-27(31)20-7-2)24-35-36(32,33)34-23-22-29(3,4)5/h15-16,19,21,25-26,30H,6-14,17-18,20,22-24H2,1-5H3,(H-,28,31,32,33)/p+1/b16-15+,21-19+. The second kappa shape index (κ2) is 21.0. The first-order valence-electron chi connectivity index (χ1n) is 13.7. The third-order valence-corrected chi connectivity index (χ3v) is 6.63. The van der Waals surface area contributed by atoms with Crippen molar-refractivity contribution in [2.75, 3.05) is 40.9 Å². The molecule has 0 heterocycles. The number of likely N-dealkylation sites (N-methyl/N-ethyl adjacent to an activating group) is 1. The first-order chi connectivity index (χ1) is 17.0. The van der Waals surface area contributed by atoms with Crippen LogP contribution in [0.15, 0.2) is 24.3 Å². The van der Waals surface area contributed by atoms with Gasteiger partial charge in [0.05, 0.1) is 39.9 Å². The van der Waals surface area contributed by atoms with Gasteiger partial charge in [0.25, 0.3) is 0 Å². The van der Waals surface area contributed by atoms with Gasteiger partial charge in [0.1, 0.15) is 13.2 Å². The van der Waals surface area contributed by atoms with Gasteiger partial charge >= 0.3 is 7.82 Å². The van der Waals surface area contributed by atoms with E-state index in [2.05, 4.69) is 24.4 Å². The highest BCUT2D eigenvalue weighted by atomic mass is 31.2. The molecule has 0 aliphatic heterocycles. The topological polar surface area (TPSA) is 105 Å². The average molecular weight is 534 g/mol. The fourth-order valence-electron chi connectivity index (χ4n) is 3.39. The summed E-state index contributed by atoms with van der Waals surface area (Å²) >= 11 is 0. The summed E-state index contributed by atoms with van der Waals surface area (Å²) in [6, 6.07) is -0.851. The number of phosphoric ester groups is 1. The number of amides is 1. The zero-order valence-electron chi connectivity index (χ0n) is 23.5. The van der Waals surface area contributed by atoms with Gasteiger partial charge < -0.3 is 19.8 Å². The number of nitrogens with zero attached hydrogens (tertiary/aromatic N) is 1. The third kappa shape index (κ3) is 22.2. The fraction of sp³-hybridized carbons (Fsp3) is 0.815. The van der Waals surface area contributed by atoms with E-state index in [4.69, 9.17) is 9.05 Å². The highest BCUT2D eigenvalue weighted by Gasteiger charge is 2.27. The maximum Gasteiger partial charge on any atom is 0.472 e. The van der Waals surface area contributed by atoms with E-state index < -0.39 is 20.0 Å². The Morgan fingerprint density at radius 2 is 1.53 bits per heavy atom. The summed E-state index contributed by atoms with van der Waals surface area (Å²) in [4.78, 5) is 22.0. The van der Waals surface area contributed by atoms with E-state index in [0.717, 1.165) is 19.3 Å². The number of carbonyl (C=O) groups excluding carboxylic acids is 1. The molecule has 36 heavy (non-hydrogen) atoms. The lowest BCUT2D eigenvalue weighted by molar-refractivity contribution is -0.870. The lowest BCUT2D eigenvalue weighted by Gasteiger charge is -2.25. The van der Waals surface area contributed by atoms with Crippen LogP contribution in [0.5, 0.6) is 0 Å². The minimum Gasteiger partial charge on any atom is -0.387 e. The molecule has 0 aromatic rings. The van der Waals surface area contributed by atoms with Gasteiger partial charge in [-0.2, -0.15) is 0 Å². The van der Waals surface area contributed by atoms with Gasteiger partial charge in [0.2, 0.25) is 5.91 Å². The predicted octanol–water partition coefficient (Wildman–Crippen LogP) is 5.51. The normalized spacial score (nSPS) is 15.9. The van der Waals surface area contributed by atoms with Crippen molar-refractivity contribution in [2.45, 2.75) is 103 Å². The number of nitrogens with one attached hydrogen (secondary N) is 1. The molecule has 0 radical (unpaired) electrons. The van der Waals surface area contributed by atoms with Gasteiger partial charge in [-0.25, -0.2) is 4.57 Å². The Hall–Kier alpha value is -1.02. The SMILES string of the molecule is CCCCCCCCC/C=C/CC/C=C/C(O)C(COP(=O)(O)OCC[N+](C)(C)C)NC(=O)CCC. The molecular weight excluding hydrogens is 479 g/mol. The van der Waals surface area contributed by atoms with Crippen LogP contribution >= 0.6 is 7.82 Å². The van der Waals surface area contributed by atoms with Gasteiger partial charge in [0, 0.05) is 6.42 Å². The first-order valence-corrected chi connectivity index (χ1v) is 15.2. The zero-order chi connectivity index (χ0) is 27.3. The molecule has 3 unspecified atom stereocenters. The number of aliphatic hydroxyl groups excluding tert-OH is 1. The number of unbranched alkanes of at least 4 members (excludes halogenated alkanes) is 8. The Balaban J connectivity index is 4.47. The maximum absolute atomic E-state index is 12.2.